The summed E-state index contributed by atoms with van der Waals surface area (Å²) in [6, 6.07) is 17.8. The number of nitro benzene ring substituents is 1. The number of hydrogen-bond acceptors (Lipinski definition) is 6. The molecule has 0 radical (unpaired) electrons. The molecule has 4 rings (SSSR count). The number of furan rings is 1. The van der Waals surface area contributed by atoms with Gasteiger partial charge in [-0.3, -0.25) is 10.1 Å². The predicted molar refractivity (Wildman–Crippen MR) is 112 cm³/mol. The Hall–Kier alpha value is -3.28. The highest BCUT2D eigenvalue weighted by Crippen LogP contribution is 2.34. The number of non-ortho nitro benzene ring substituents is 1. The van der Waals surface area contributed by atoms with Crippen LogP contribution in [0.4, 0.5) is 5.69 Å². The molecule has 0 spiro atoms. The van der Waals surface area contributed by atoms with E-state index in [4.69, 9.17) is 4.42 Å². The van der Waals surface area contributed by atoms with Crippen LogP contribution in [0.3, 0.4) is 0 Å². The summed E-state index contributed by atoms with van der Waals surface area (Å²) >= 11 is 4.79. The van der Waals surface area contributed by atoms with Crippen molar-refractivity contribution < 1.29 is 9.34 Å². The van der Waals surface area contributed by atoms with Crippen molar-refractivity contribution in [2.24, 2.45) is 0 Å². The lowest BCUT2D eigenvalue weighted by atomic mass is 10.1. The number of para-hydroxylation sites is 1. The monoisotopic (exact) mass is 451 g/mol. The first-order valence-corrected chi connectivity index (χ1v) is 9.68. The fourth-order valence-corrected chi connectivity index (χ4v) is 4.16. The minimum absolute atomic E-state index is 0.00935. The third-order valence-electron chi connectivity index (χ3n) is 3.99. The maximum absolute atomic E-state index is 10.9. The molecule has 136 valence electrons. The number of thiazole rings is 1. The van der Waals surface area contributed by atoms with Gasteiger partial charge in [-0.2, -0.15) is 5.26 Å². The Labute approximate surface area is 171 Å². The molecule has 0 bridgehead atoms. The molecule has 8 heteroatoms. The number of nitro groups is 1. The fourth-order valence-electron chi connectivity index (χ4n) is 2.66. The van der Waals surface area contributed by atoms with Gasteiger partial charge in [0.25, 0.3) is 5.69 Å². The second-order valence-corrected chi connectivity index (χ2v) is 7.66. The molecule has 2 aromatic carbocycles. The van der Waals surface area contributed by atoms with E-state index in [-0.39, 0.29) is 5.69 Å². The third-order valence-corrected chi connectivity index (χ3v) is 5.71. The summed E-state index contributed by atoms with van der Waals surface area (Å²) in [5, 5.41) is 21.1. The van der Waals surface area contributed by atoms with Gasteiger partial charge in [0.1, 0.15) is 22.6 Å². The summed E-state index contributed by atoms with van der Waals surface area (Å²) in [6.07, 6.45) is 1.64. The second kappa shape index (κ2) is 7.38. The number of fused-ring (bicyclic) bond motifs is 1. The van der Waals surface area contributed by atoms with Gasteiger partial charge in [-0.1, -0.05) is 12.1 Å². The molecule has 0 N–H and O–H groups in total. The van der Waals surface area contributed by atoms with Crippen LogP contribution in [0.5, 0.6) is 0 Å². The molecule has 0 aliphatic heterocycles. The molecule has 6 nitrogen and oxygen atoms in total. The zero-order valence-corrected chi connectivity index (χ0v) is 16.5. The molecule has 0 fully saturated rings. The Morgan fingerprint density at radius 3 is 2.79 bits per heavy atom. The molecule has 0 aliphatic rings. The van der Waals surface area contributed by atoms with Gasteiger partial charge in [0.2, 0.25) is 0 Å². The van der Waals surface area contributed by atoms with E-state index in [1.807, 2.05) is 24.3 Å². The van der Waals surface area contributed by atoms with Crippen LogP contribution in [0.2, 0.25) is 0 Å². The maximum Gasteiger partial charge on any atom is 0.270 e. The van der Waals surface area contributed by atoms with Crippen molar-refractivity contribution in [2.45, 2.75) is 0 Å². The van der Waals surface area contributed by atoms with Gasteiger partial charge < -0.3 is 4.42 Å². The van der Waals surface area contributed by atoms with Crippen molar-refractivity contribution in [1.29, 1.82) is 5.26 Å². The van der Waals surface area contributed by atoms with Gasteiger partial charge in [-0.15, -0.1) is 11.3 Å². The Morgan fingerprint density at radius 1 is 1.25 bits per heavy atom. The lowest BCUT2D eigenvalue weighted by molar-refractivity contribution is -0.384. The van der Waals surface area contributed by atoms with E-state index in [9.17, 15) is 15.4 Å². The molecule has 0 atom stereocenters. The molecule has 2 heterocycles. The second-order valence-electron chi connectivity index (χ2n) is 5.78. The standard InChI is InChI=1S/C20H10BrN3O3S/c21-16-10-13(24(25)26)5-7-15(16)18-8-6-14(27-18)9-12(11-22)20-23-17-3-1-2-4-19(17)28-20/h1-10H/b12-9+. The smallest absolute Gasteiger partial charge is 0.270 e. The summed E-state index contributed by atoms with van der Waals surface area (Å²) in [6.45, 7) is 0. The van der Waals surface area contributed by atoms with Crippen LogP contribution in [0.15, 0.2) is 63.5 Å². The van der Waals surface area contributed by atoms with Crippen molar-refractivity contribution in [3.8, 4) is 17.4 Å². The highest BCUT2D eigenvalue weighted by Gasteiger charge is 2.14. The first-order chi connectivity index (χ1) is 13.5. The highest BCUT2D eigenvalue weighted by atomic mass is 79.9. The van der Waals surface area contributed by atoms with Crippen molar-refractivity contribution >= 4 is 54.8 Å². The van der Waals surface area contributed by atoms with Crippen LogP contribution in [0.25, 0.3) is 33.2 Å². The normalized spacial score (nSPS) is 11.5. The Kier molecular flexibility index (Phi) is 4.77. The predicted octanol–water partition coefficient (Wildman–Crippen LogP) is 6.29. The van der Waals surface area contributed by atoms with Crippen LogP contribution in [0.1, 0.15) is 10.8 Å². The summed E-state index contributed by atoms with van der Waals surface area (Å²) in [5.41, 5.74) is 1.93. The van der Waals surface area contributed by atoms with Crippen molar-refractivity contribution in [3.63, 3.8) is 0 Å². The average molecular weight is 452 g/mol. The average Bonchev–Trinajstić information content (AvgIpc) is 3.32. The number of aromatic nitrogens is 1. The SMILES string of the molecule is N#C/C(=C\c1ccc(-c2ccc([N+](=O)[O-])cc2Br)o1)c1nc2ccccc2s1. The minimum atomic E-state index is -0.456. The molecular weight excluding hydrogens is 442 g/mol. The molecule has 2 aromatic heterocycles. The Morgan fingerprint density at radius 2 is 2.07 bits per heavy atom. The van der Waals surface area contributed by atoms with Crippen molar-refractivity contribution in [3.05, 3.63) is 80.0 Å². The molecule has 0 aliphatic carbocycles. The highest BCUT2D eigenvalue weighted by molar-refractivity contribution is 9.10. The number of rotatable bonds is 4. The Balaban J connectivity index is 1.68. The van der Waals surface area contributed by atoms with Gasteiger partial charge in [0.15, 0.2) is 0 Å². The molecule has 0 saturated heterocycles. The summed E-state index contributed by atoms with van der Waals surface area (Å²) in [7, 11) is 0. The number of benzene rings is 2. The third kappa shape index (κ3) is 3.45. The van der Waals surface area contributed by atoms with E-state index in [0.29, 0.717) is 32.1 Å². The lowest BCUT2D eigenvalue weighted by Gasteiger charge is -2.01. The van der Waals surface area contributed by atoms with E-state index in [1.165, 1.54) is 23.5 Å². The van der Waals surface area contributed by atoms with Gasteiger partial charge in [-0.25, -0.2) is 4.98 Å². The van der Waals surface area contributed by atoms with Crippen molar-refractivity contribution in [1.82, 2.24) is 4.98 Å². The topological polar surface area (TPSA) is 93.0 Å². The van der Waals surface area contributed by atoms with E-state index in [2.05, 4.69) is 27.0 Å². The van der Waals surface area contributed by atoms with Gasteiger partial charge in [0, 0.05) is 28.2 Å². The van der Waals surface area contributed by atoms with Gasteiger partial charge in [0.05, 0.1) is 20.7 Å². The Bertz CT molecular complexity index is 1250. The summed E-state index contributed by atoms with van der Waals surface area (Å²) in [5.74, 6) is 1.03. The number of allylic oxidation sites excluding steroid dienone is 1. The lowest BCUT2D eigenvalue weighted by Crippen LogP contribution is -1.88. The van der Waals surface area contributed by atoms with E-state index < -0.39 is 4.92 Å². The number of nitrogens with zero attached hydrogens (tertiary/aromatic N) is 3. The minimum Gasteiger partial charge on any atom is -0.457 e. The van der Waals surface area contributed by atoms with Crippen LogP contribution < -0.4 is 0 Å². The summed E-state index contributed by atoms with van der Waals surface area (Å²) < 4.78 is 7.39. The van der Waals surface area contributed by atoms with E-state index in [1.54, 1.807) is 24.3 Å². The molecule has 4 aromatic rings. The molecule has 0 unspecified atom stereocenters. The maximum atomic E-state index is 10.9. The number of halogens is 1. The zero-order chi connectivity index (χ0) is 19.7. The quantitative estimate of drug-likeness (QED) is 0.206. The molecule has 0 saturated carbocycles. The van der Waals surface area contributed by atoms with Crippen LogP contribution in [-0.2, 0) is 0 Å². The van der Waals surface area contributed by atoms with E-state index >= 15 is 0 Å². The van der Waals surface area contributed by atoms with Crippen molar-refractivity contribution in [2.75, 3.05) is 0 Å². The first kappa shape index (κ1) is 18.1. The van der Waals surface area contributed by atoms with Crippen LogP contribution in [0, 0.1) is 21.4 Å². The number of nitriles is 1. The molecular formula is C20H10BrN3O3S. The first-order valence-electron chi connectivity index (χ1n) is 8.07. The number of hydrogen-bond donors (Lipinski definition) is 0. The summed E-state index contributed by atoms with van der Waals surface area (Å²) in [4.78, 5) is 14.9. The van der Waals surface area contributed by atoms with E-state index in [0.717, 1.165) is 10.2 Å². The molecule has 28 heavy (non-hydrogen) atoms. The zero-order valence-electron chi connectivity index (χ0n) is 14.1. The van der Waals surface area contributed by atoms with Gasteiger partial charge >= 0.3 is 0 Å². The fraction of sp³-hybridized carbons (Fsp3) is 0. The van der Waals surface area contributed by atoms with Gasteiger partial charge in [-0.05, 0) is 46.3 Å². The largest absolute Gasteiger partial charge is 0.457 e. The molecule has 0 amide bonds. The van der Waals surface area contributed by atoms with Crippen LogP contribution in [-0.4, -0.2) is 9.91 Å². The van der Waals surface area contributed by atoms with Crippen LogP contribution >= 0.6 is 27.3 Å².